The van der Waals surface area contributed by atoms with Crippen LogP contribution in [0, 0.1) is 23.7 Å². The van der Waals surface area contributed by atoms with E-state index < -0.39 is 40.4 Å². The lowest BCUT2D eigenvalue weighted by Gasteiger charge is -2.40. The van der Waals surface area contributed by atoms with Crippen LogP contribution in [0.3, 0.4) is 0 Å². The fourth-order valence-corrected chi connectivity index (χ4v) is 5.34. The van der Waals surface area contributed by atoms with E-state index in [0.29, 0.717) is 5.69 Å². The highest BCUT2D eigenvalue weighted by Gasteiger charge is 2.54. The number of carbonyl (C=O) groups is 1. The summed E-state index contributed by atoms with van der Waals surface area (Å²) in [5.74, 6) is 10.3. The van der Waals surface area contributed by atoms with Gasteiger partial charge in [-0.3, -0.25) is 5.32 Å². The fraction of sp³-hybridized carbons (Fsp3) is 0.360. The number of pyridine rings is 1. The number of sulfonamides is 1. The number of anilines is 2. The first-order chi connectivity index (χ1) is 17.8. The highest BCUT2D eigenvalue weighted by molar-refractivity contribution is 7.89. The van der Waals surface area contributed by atoms with E-state index in [2.05, 4.69) is 28.7 Å². The van der Waals surface area contributed by atoms with E-state index in [4.69, 9.17) is 5.11 Å². The maximum absolute atomic E-state index is 13.7. The number of alkyl halides is 3. The lowest BCUT2D eigenvalue weighted by atomic mass is 9.89. The van der Waals surface area contributed by atoms with Crippen molar-refractivity contribution in [2.75, 3.05) is 29.9 Å². The molecule has 0 spiro atoms. The lowest BCUT2D eigenvalue weighted by Crippen LogP contribution is -2.54. The number of amides is 1. The highest BCUT2D eigenvalue weighted by Crippen LogP contribution is 2.42. The molecule has 1 aromatic carbocycles. The average Bonchev–Trinajstić information content (AvgIpc) is 2.87. The number of rotatable bonds is 6. The Bertz CT molecular complexity index is 1390. The minimum absolute atomic E-state index is 0.0291. The average molecular weight is 551 g/mol. The molecular weight excluding hydrogens is 525 g/mol. The second-order valence-corrected chi connectivity index (χ2v) is 10.2. The van der Waals surface area contributed by atoms with E-state index in [1.807, 2.05) is 5.32 Å². The number of halogens is 3. The first kappa shape index (κ1) is 28.8. The molecule has 1 aromatic heterocycles. The lowest BCUT2D eigenvalue weighted by molar-refractivity contribution is -0.264. The molecule has 1 unspecified atom stereocenters. The molecule has 2 atom stereocenters. The largest absolute Gasteiger partial charge is 0.465 e. The van der Waals surface area contributed by atoms with Gasteiger partial charge in [-0.2, -0.15) is 17.5 Å². The first-order valence-corrected chi connectivity index (χ1v) is 12.7. The molecular formula is C25H25F3N4O5S. The predicted octanol–water partition coefficient (Wildman–Crippen LogP) is 3.24. The van der Waals surface area contributed by atoms with E-state index >= 15 is 0 Å². The molecule has 3 N–H and O–H groups in total. The van der Waals surface area contributed by atoms with Crippen molar-refractivity contribution >= 4 is 27.6 Å². The Labute approximate surface area is 218 Å². The van der Waals surface area contributed by atoms with Gasteiger partial charge in [0, 0.05) is 31.5 Å². The van der Waals surface area contributed by atoms with Crippen LogP contribution < -0.4 is 10.2 Å². The van der Waals surface area contributed by atoms with Crippen LogP contribution in [-0.2, 0) is 15.6 Å². The molecule has 0 saturated carbocycles. The van der Waals surface area contributed by atoms with Gasteiger partial charge >= 0.3 is 12.3 Å². The summed E-state index contributed by atoms with van der Waals surface area (Å²) in [5, 5.41) is 21.2. The van der Waals surface area contributed by atoms with Crippen LogP contribution >= 0.6 is 0 Å². The number of nitrogens with one attached hydrogen (secondary N) is 1. The number of aliphatic hydroxyl groups is 1. The van der Waals surface area contributed by atoms with Gasteiger partial charge in [0.2, 0.25) is 10.0 Å². The maximum atomic E-state index is 13.7. The van der Waals surface area contributed by atoms with E-state index in [9.17, 15) is 31.5 Å². The van der Waals surface area contributed by atoms with Crippen LogP contribution in [0.2, 0.25) is 0 Å². The van der Waals surface area contributed by atoms with Crippen molar-refractivity contribution in [3.8, 4) is 23.7 Å². The minimum atomic E-state index is -4.94. The van der Waals surface area contributed by atoms with Crippen LogP contribution in [0.1, 0.15) is 25.8 Å². The van der Waals surface area contributed by atoms with Gasteiger partial charge in [0.25, 0.3) is 0 Å². The number of hydrogen-bond donors (Lipinski definition) is 3. The van der Waals surface area contributed by atoms with Crippen molar-refractivity contribution in [1.29, 1.82) is 0 Å². The van der Waals surface area contributed by atoms with Crippen LogP contribution in [0.25, 0.3) is 0 Å². The summed E-state index contributed by atoms with van der Waals surface area (Å²) in [4.78, 5) is 16.2. The summed E-state index contributed by atoms with van der Waals surface area (Å²) in [6.07, 6.45) is -6.03. The molecule has 0 radical (unpaired) electrons. The number of benzene rings is 1. The number of nitrogens with zero attached hydrogens (tertiary/aromatic N) is 3. The summed E-state index contributed by atoms with van der Waals surface area (Å²) in [7, 11) is -3.99. The molecule has 1 amide bonds. The molecule has 202 valence electrons. The van der Waals surface area contributed by atoms with Crippen molar-refractivity contribution in [1.82, 2.24) is 9.29 Å². The Morgan fingerprint density at radius 3 is 2.34 bits per heavy atom. The normalized spacial score (nSPS) is 17.8. The minimum Gasteiger partial charge on any atom is -0.465 e. The van der Waals surface area contributed by atoms with E-state index in [1.54, 1.807) is 11.8 Å². The zero-order chi connectivity index (χ0) is 28.1. The van der Waals surface area contributed by atoms with Gasteiger partial charge in [0.1, 0.15) is 16.8 Å². The van der Waals surface area contributed by atoms with Crippen LogP contribution in [0.4, 0.5) is 29.5 Å². The van der Waals surface area contributed by atoms with Gasteiger partial charge in [-0.15, -0.1) is 11.8 Å². The monoisotopic (exact) mass is 550 g/mol. The summed E-state index contributed by atoms with van der Waals surface area (Å²) in [6.45, 7) is 3.19. The molecule has 1 fully saturated rings. The Kier molecular flexibility index (Phi) is 8.57. The van der Waals surface area contributed by atoms with Crippen molar-refractivity contribution in [3.05, 3.63) is 48.2 Å². The number of hydrogen-bond acceptors (Lipinski definition) is 6. The second kappa shape index (κ2) is 11.3. The molecule has 9 nitrogen and oxygen atoms in total. The summed E-state index contributed by atoms with van der Waals surface area (Å²) >= 11 is 0. The third-order valence-corrected chi connectivity index (χ3v) is 7.78. The fourth-order valence-electron chi connectivity index (χ4n) is 3.95. The summed E-state index contributed by atoms with van der Waals surface area (Å²) in [5.41, 5.74) is -2.98. The van der Waals surface area contributed by atoms with Gasteiger partial charge in [0.05, 0.1) is 6.42 Å². The molecule has 13 heteroatoms. The first-order valence-electron chi connectivity index (χ1n) is 11.3. The van der Waals surface area contributed by atoms with Crippen molar-refractivity contribution in [2.24, 2.45) is 0 Å². The Hall–Kier alpha value is -3.78. The van der Waals surface area contributed by atoms with Crippen molar-refractivity contribution in [3.63, 3.8) is 0 Å². The molecule has 1 aliphatic rings. The zero-order valence-electron chi connectivity index (χ0n) is 20.5. The second-order valence-electron chi connectivity index (χ2n) is 8.28. The number of piperazine rings is 1. The summed E-state index contributed by atoms with van der Waals surface area (Å²) in [6, 6.07) is 7.08. The Morgan fingerprint density at radius 2 is 1.82 bits per heavy atom. The summed E-state index contributed by atoms with van der Waals surface area (Å²) < 4.78 is 68.6. The van der Waals surface area contributed by atoms with Gasteiger partial charge in [-0.05, 0) is 43.7 Å². The standard InChI is InChI=1S/C25H25F3N4O5S/c1-3-5-13-24(35,25(26,27)28)18-7-9-19(10-8-18)32-15-14-31(17-20(32)6-4-2)38(36,37)21-11-12-22(29-16-21)30-23(33)34/h7-12,16,20,35H,13-15,17H2,1-2H3,(H,29,30)(H,33,34)/t20-,24?/m0/s1. The zero-order valence-corrected chi connectivity index (χ0v) is 21.3. The number of aromatic nitrogens is 1. The predicted molar refractivity (Wildman–Crippen MR) is 134 cm³/mol. The number of carboxylic acid groups (broad SMARTS) is 1. The molecule has 2 aromatic rings. The quantitative estimate of drug-likeness (QED) is 0.472. The van der Waals surface area contributed by atoms with Gasteiger partial charge < -0.3 is 15.1 Å². The molecule has 38 heavy (non-hydrogen) atoms. The van der Waals surface area contributed by atoms with Crippen molar-refractivity contribution < 1.29 is 36.6 Å². The Balaban J connectivity index is 1.84. The molecule has 3 rings (SSSR count). The smallest absolute Gasteiger partial charge is 0.422 e. The van der Waals surface area contributed by atoms with Crippen LogP contribution in [0.15, 0.2) is 47.5 Å². The Morgan fingerprint density at radius 1 is 1.13 bits per heavy atom. The van der Waals surface area contributed by atoms with E-state index in [1.165, 1.54) is 47.6 Å². The molecule has 1 aliphatic heterocycles. The van der Waals surface area contributed by atoms with Gasteiger partial charge in [0.15, 0.2) is 5.60 Å². The van der Waals surface area contributed by atoms with Crippen LogP contribution in [-0.4, -0.2) is 65.9 Å². The molecule has 2 heterocycles. The van der Waals surface area contributed by atoms with E-state index in [-0.39, 0.29) is 35.9 Å². The SMILES string of the molecule is CC#CCC(O)(c1ccc(N2CCN(S(=O)(=O)c3ccc(NC(=O)O)nc3)C[C@@H]2C#CC)cc1)C(F)(F)F. The molecule has 1 saturated heterocycles. The van der Waals surface area contributed by atoms with Gasteiger partial charge in [-0.1, -0.05) is 24.0 Å². The van der Waals surface area contributed by atoms with Crippen LogP contribution in [0.5, 0.6) is 0 Å². The van der Waals surface area contributed by atoms with Crippen molar-refractivity contribution in [2.45, 2.75) is 43.0 Å². The van der Waals surface area contributed by atoms with Gasteiger partial charge in [-0.25, -0.2) is 18.2 Å². The molecule has 0 aliphatic carbocycles. The third-order valence-electron chi connectivity index (χ3n) is 5.93. The maximum Gasteiger partial charge on any atom is 0.422 e. The topological polar surface area (TPSA) is 123 Å². The van der Waals surface area contributed by atoms with E-state index in [0.717, 1.165) is 6.20 Å². The highest BCUT2D eigenvalue weighted by atomic mass is 32.2. The third kappa shape index (κ3) is 6.02. The molecule has 0 bridgehead atoms.